The van der Waals surface area contributed by atoms with Crippen molar-refractivity contribution in [2.45, 2.75) is 19.6 Å². The van der Waals surface area contributed by atoms with Crippen LogP contribution in [-0.2, 0) is 19.1 Å². The first-order valence-corrected chi connectivity index (χ1v) is 6.75. The van der Waals surface area contributed by atoms with Crippen LogP contribution in [0.15, 0.2) is 17.7 Å². The topological polar surface area (TPSA) is 71.1 Å². The van der Waals surface area contributed by atoms with E-state index in [1.165, 1.54) is 34.1 Å². The molecule has 1 aliphatic rings. The number of esters is 2. The van der Waals surface area contributed by atoms with Gasteiger partial charge in [-0.3, -0.25) is 0 Å². The summed E-state index contributed by atoms with van der Waals surface area (Å²) in [5.41, 5.74) is 0.163. The van der Waals surface area contributed by atoms with Crippen LogP contribution in [-0.4, -0.2) is 31.9 Å². The summed E-state index contributed by atoms with van der Waals surface area (Å²) in [5.74, 6) is -2.09. The van der Waals surface area contributed by atoms with Gasteiger partial charge in [-0.15, -0.1) is 0 Å². The molecule has 22 heavy (non-hydrogen) atoms. The van der Waals surface area contributed by atoms with E-state index in [1.54, 1.807) is 12.1 Å². The smallest absolute Gasteiger partial charge is 0.348 e. The summed E-state index contributed by atoms with van der Waals surface area (Å²) in [6.45, 7) is 2.95. The maximum Gasteiger partial charge on any atom is 0.348 e. The number of halogens is 1. The number of benzene rings is 1. The van der Waals surface area contributed by atoms with E-state index in [0.29, 0.717) is 17.1 Å². The van der Waals surface area contributed by atoms with Crippen LogP contribution in [0.5, 0.6) is 11.5 Å². The molecule has 6 nitrogen and oxygen atoms in total. The summed E-state index contributed by atoms with van der Waals surface area (Å²) in [6.07, 6.45) is 1.30. The first-order valence-electron chi connectivity index (χ1n) is 6.38. The van der Waals surface area contributed by atoms with Gasteiger partial charge in [-0.25, -0.2) is 9.59 Å². The number of cyclic esters (lactones) is 2. The van der Waals surface area contributed by atoms with Gasteiger partial charge in [0.1, 0.15) is 5.57 Å². The molecule has 0 N–H and O–H groups in total. The predicted octanol–water partition coefficient (Wildman–Crippen LogP) is 2.58. The zero-order valence-electron chi connectivity index (χ0n) is 12.6. The van der Waals surface area contributed by atoms with E-state index in [0.717, 1.165) is 0 Å². The van der Waals surface area contributed by atoms with Gasteiger partial charge in [0.2, 0.25) is 0 Å². The molecule has 0 saturated carbocycles. The van der Waals surface area contributed by atoms with Crippen LogP contribution in [0, 0.1) is 0 Å². The molecular formula is C15H15ClO6. The maximum absolute atomic E-state index is 11.9. The van der Waals surface area contributed by atoms with E-state index in [9.17, 15) is 9.59 Å². The van der Waals surface area contributed by atoms with Crippen molar-refractivity contribution < 1.29 is 28.5 Å². The molecule has 1 aromatic carbocycles. The zero-order valence-corrected chi connectivity index (χ0v) is 13.3. The summed E-state index contributed by atoms with van der Waals surface area (Å²) in [6, 6.07) is 3.21. The Morgan fingerprint density at radius 1 is 1.09 bits per heavy atom. The molecule has 118 valence electrons. The Hall–Kier alpha value is -2.21. The minimum atomic E-state index is -1.28. The van der Waals surface area contributed by atoms with E-state index < -0.39 is 17.7 Å². The van der Waals surface area contributed by atoms with Crippen LogP contribution in [0.1, 0.15) is 19.4 Å². The third-order valence-corrected chi connectivity index (χ3v) is 3.32. The molecule has 0 amide bonds. The average molecular weight is 327 g/mol. The summed E-state index contributed by atoms with van der Waals surface area (Å²) in [7, 11) is 2.91. The van der Waals surface area contributed by atoms with Crippen LogP contribution in [0.2, 0.25) is 5.02 Å². The molecule has 1 aromatic rings. The predicted molar refractivity (Wildman–Crippen MR) is 78.8 cm³/mol. The van der Waals surface area contributed by atoms with Gasteiger partial charge in [-0.05, 0) is 23.8 Å². The lowest BCUT2D eigenvalue weighted by molar-refractivity contribution is -0.222. The molecule has 0 aromatic heterocycles. The summed E-state index contributed by atoms with van der Waals surface area (Å²) < 4.78 is 20.3. The number of hydrogen-bond donors (Lipinski definition) is 0. The molecule has 7 heteroatoms. The van der Waals surface area contributed by atoms with Gasteiger partial charge in [0, 0.05) is 13.8 Å². The molecule has 0 atom stereocenters. The van der Waals surface area contributed by atoms with Crippen molar-refractivity contribution in [1.82, 2.24) is 0 Å². The molecule has 0 bridgehead atoms. The van der Waals surface area contributed by atoms with Gasteiger partial charge in [-0.2, -0.15) is 0 Å². The second-order valence-corrected chi connectivity index (χ2v) is 5.32. The molecule has 1 aliphatic heterocycles. The highest BCUT2D eigenvalue weighted by molar-refractivity contribution is 6.34. The van der Waals surface area contributed by atoms with E-state index in [4.69, 9.17) is 30.5 Å². The van der Waals surface area contributed by atoms with Gasteiger partial charge < -0.3 is 18.9 Å². The number of carbonyl (C=O) groups excluding carboxylic acids is 2. The van der Waals surface area contributed by atoms with Crippen LogP contribution in [0.3, 0.4) is 0 Å². The first kappa shape index (κ1) is 16.2. The molecule has 0 radical (unpaired) electrons. The highest BCUT2D eigenvalue weighted by atomic mass is 35.5. The van der Waals surface area contributed by atoms with E-state index in [1.807, 2.05) is 0 Å². The minimum absolute atomic E-state index is 0.208. The van der Waals surface area contributed by atoms with Gasteiger partial charge in [0.05, 0.1) is 19.2 Å². The zero-order chi connectivity index (χ0) is 16.5. The van der Waals surface area contributed by atoms with Crippen molar-refractivity contribution in [3.05, 3.63) is 28.3 Å². The van der Waals surface area contributed by atoms with Gasteiger partial charge in [-0.1, -0.05) is 11.6 Å². The summed E-state index contributed by atoms with van der Waals surface area (Å²) >= 11 is 6.21. The van der Waals surface area contributed by atoms with E-state index in [-0.39, 0.29) is 10.6 Å². The minimum Gasteiger partial charge on any atom is -0.493 e. The number of ether oxygens (including phenoxy) is 4. The number of rotatable bonds is 3. The van der Waals surface area contributed by atoms with Crippen molar-refractivity contribution in [3.8, 4) is 11.5 Å². The lowest BCUT2D eigenvalue weighted by atomic mass is 10.1. The molecular weight excluding hydrogens is 312 g/mol. The Balaban J connectivity index is 2.45. The molecule has 0 aliphatic carbocycles. The normalized spacial score (nSPS) is 16.7. The van der Waals surface area contributed by atoms with Crippen LogP contribution in [0.25, 0.3) is 6.08 Å². The van der Waals surface area contributed by atoms with E-state index in [2.05, 4.69) is 0 Å². The van der Waals surface area contributed by atoms with Crippen molar-refractivity contribution >= 4 is 29.6 Å². The Labute approximate surface area is 132 Å². The highest BCUT2D eigenvalue weighted by Gasteiger charge is 2.39. The summed E-state index contributed by atoms with van der Waals surface area (Å²) in [4.78, 5) is 23.8. The fourth-order valence-electron chi connectivity index (χ4n) is 1.95. The average Bonchev–Trinajstić information content (AvgIpc) is 2.42. The second-order valence-electron chi connectivity index (χ2n) is 4.94. The van der Waals surface area contributed by atoms with Gasteiger partial charge in [0.25, 0.3) is 5.79 Å². The highest BCUT2D eigenvalue weighted by Crippen LogP contribution is 2.38. The molecule has 1 saturated heterocycles. The van der Waals surface area contributed by atoms with Crippen molar-refractivity contribution in [2.24, 2.45) is 0 Å². The molecule has 2 rings (SSSR count). The van der Waals surface area contributed by atoms with Crippen molar-refractivity contribution in [3.63, 3.8) is 0 Å². The van der Waals surface area contributed by atoms with Crippen LogP contribution < -0.4 is 9.47 Å². The van der Waals surface area contributed by atoms with Crippen LogP contribution >= 0.6 is 11.6 Å². The number of hydrogen-bond acceptors (Lipinski definition) is 6. The van der Waals surface area contributed by atoms with Gasteiger partial charge in [0.15, 0.2) is 11.5 Å². The molecule has 0 unspecified atom stereocenters. The number of carbonyl (C=O) groups is 2. The maximum atomic E-state index is 11.9. The SMILES string of the molecule is COc1ccc(C=C2C(=O)OC(C)(C)OC2=O)c(Cl)c1OC. The Kier molecular flexibility index (Phi) is 4.32. The Bertz CT molecular complexity index is 640. The Morgan fingerprint density at radius 2 is 1.68 bits per heavy atom. The second kappa shape index (κ2) is 5.88. The standard InChI is InChI=1S/C15H15ClO6/c1-15(2)21-13(17)9(14(18)22-15)7-8-5-6-10(19-3)12(20-4)11(8)16/h5-7H,1-4H3. The van der Waals surface area contributed by atoms with Crippen molar-refractivity contribution in [1.29, 1.82) is 0 Å². The lowest BCUT2D eigenvalue weighted by Gasteiger charge is -2.29. The first-order chi connectivity index (χ1) is 10.3. The quantitative estimate of drug-likeness (QED) is 0.483. The molecule has 1 heterocycles. The Morgan fingerprint density at radius 3 is 2.18 bits per heavy atom. The fourth-order valence-corrected chi connectivity index (χ4v) is 2.24. The van der Waals surface area contributed by atoms with Crippen molar-refractivity contribution in [2.75, 3.05) is 14.2 Å². The third kappa shape index (κ3) is 3.01. The largest absolute Gasteiger partial charge is 0.493 e. The van der Waals surface area contributed by atoms with Crippen LogP contribution in [0.4, 0.5) is 0 Å². The molecule has 1 fully saturated rings. The number of methoxy groups -OCH3 is 2. The van der Waals surface area contributed by atoms with Gasteiger partial charge >= 0.3 is 11.9 Å². The monoisotopic (exact) mass is 326 g/mol. The third-order valence-electron chi connectivity index (χ3n) is 2.93. The lowest BCUT2D eigenvalue weighted by Crippen LogP contribution is -2.41. The molecule has 0 spiro atoms. The fraction of sp³-hybridized carbons (Fsp3) is 0.333. The van der Waals surface area contributed by atoms with E-state index >= 15 is 0 Å². The summed E-state index contributed by atoms with van der Waals surface area (Å²) in [5, 5.41) is 0.208.